The first-order valence-electron chi connectivity index (χ1n) is 5.79. The van der Waals surface area contributed by atoms with Gasteiger partial charge in [0.05, 0.1) is 5.69 Å². The molecule has 2 rings (SSSR count). The topological polar surface area (TPSA) is 29.1 Å². The molecule has 2 aromatic carbocycles. The minimum Gasteiger partial charge on any atom is -0.320 e. The summed E-state index contributed by atoms with van der Waals surface area (Å²) in [5.74, 6) is -0.954. The van der Waals surface area contributed by atoms with E-state index in [0.717, 1.165) is 11.0 Å². The van der Waals surface area contributed by atoms with E-state index in [1.54, 1.807) is 5.41 Å². The van der Waals surface area contributed by atoms with Crippen LogP contribution in [0.15, 0.2) is 64.9 Å². The van der Waals surface area contributed by atoms with Crippen molar-refractivity contribution in [2.45, 2.75) is 4.90 Å². The number of anilines is 1. The highest BCUT2D eigenvalue weighted by Crippen LogP contribution is 2.20. The predicted molar refractivity (Wildman–Crippen MR) is 81.5 cm³/mol. The molecule has 0 aliphatic carbocycles. The van der Waals surface area contributed by atoms with Crippen LogP contribution in [0.1, 0.15) is 0 Å². The Kier molecular flexibility index (Phi) is 5.21. The fourth-order valence-electron chi connectivity index (χ4n) is 1.44. The Balaban J connectivity index is 1.92. The lowest BCUT2D eigenvalue weighted by molar-refractivity contribution is -0.111. The van der Waals surface area contributed by atoms with Crippen LogP contribution in [0.5, 0.6) is 0 Å². The number of hydrogen-bond acceptors (Lipinski definition) is 2. The van der Waals surface area contributed by atoms with Crippen LogP contribution in [-0.4, -0.2) is 5.91 Å². The first-order chi connectivity index (χ1) is 9.65. The smallest absolute Gasteiger partial charge is 0.248 e. The molecule has 2 aromatic rings. The minimum absolute atomic E-state index is 0.105. The van der Waals surface area contributed by atoms with E-state index < -0.39 is 11.7 Å². The van der Waals surface area contributed by atoms with E-state index >= 15 is 0 Å². The van der Waals surface area contributed by atoms with Gasteiger partial charge in [-0.2, -0.15) is 0 Å². The van der Waals surface area contributed by atoms with E-state index in [-0.39, 0.29) is 10.7 Å². The molecule has 0 radical (unpaired) electrons. The van der Waals surface area contributed by atoms with Gasteiger partial charge in [0.25, 0.3) is 0 Å². The molecule has 20 heavy (non-hydrogen) atoms. The number of nitrogens with one attached hydrogen (secondary N) is 1. The predicted octanol–water partition coefficient (Wildman–Crippen LogP) is 4.72. The van der Waals surface area contributed by atoms with Crippen molar-refractivity contribution >= 4 is 35.0 Å². The summed E-state index contributed by atoms with van der Waals surface area (Å²) in [5, 5.41) is 4.39. The average Bonchev–Trinajstić information content (AvgIpc) is 2.43. The maximum Gasteiger partial charge on any atom is 0.248 e. The molecule has 1 amide bonds. The van der Waals surface area contributed by atoms with Crippen molar-refractivity contribution < 1.29 is 9.18 Å². The lowest BCUT2D eigenvalue weighted by atomic mass is 10.3. The van der Waals surface area contributed by atoms with Crippen molar-refractivity contribution in [1.29, 1.82) is 0 Å². The first-order valence-corrected chi connectivity index (χ1v) is 7.05. The molecular formula is C15H11ClFNOS. The summed E-state index contributed by atoms with van der Waals surface area (Å²) in [6.07, 6.45) is 1.35. The van der Waals surface area contributed by atoms with Gasteiger partial charge >= 0.3 is 0 Å². The second-order valence-electron chi connectivity index (χ2n) is 3.85. The third-order valence-corrected chi connectivity index (χ3v) is 3.41. The highest BCUT2D eigenvalue weighted by atomic mass is 35.5. The van der Waals surface area contributed by atoms with E-state index in [2.05, 4.69) is 5.32 Å². The van der Waals surface area contributed by atoms with Crippen LogP contribution in [0.25, 0.3) is 0 Å². The maximum atomic E-state index is 13.5. The third kappa shape index (κ3) is 4.40. The monoisotopic (exact) mass is 307 g/mol. The summed E-state index contributed by atoms with van der Waals surface area (Å²) in [5.41, 5.74) is 0.105. The summed E-state index contributed by atoms with van der Waals surface area (Å²) in [4.78, 5) is 12.7. The highest BCUT2D eigenvalue weighted by molar-refractivity contribution is 8.02. The molecule has 0 fully saturated rings. The Hall–Kier alpha value is -1.78. The Morgan fingerprint density at radius 1 is 1.20 bits per heavy atom. The van der Waals surface area contributed by atoms with E-state index in [9.17, 15) is 9.18 Å². The van der Waals surface area contributed by atoms with Crippen LogP contribution in [-0.2, 0) is 4.79 Å². The van der Waals surface area contributed by atoms with Gasteiger partial charge in [-0.15, -0.1) is 0 Å². The summed E-state index contributed by atoms with van der Waals surface area (Å²) in [6.45, 7) is 0. The molecule has 0 bridgehead atoms. The molecule has 0 spiro atoms. The molecule has 0 saturated carbocycles. The quantitative estimate of drug-likeness (QED) is 0.654. The van der Waals surface area contributed by atoms with Gasteiger partial charge in [0.15, 0.2) is 0 Å². The molecule has 0 heterocycles. The Morgan fingerprint density at radius 2 is 1.95 bits per heavy atom. The van der Waals surface area contributed by atoms with Gasteiger partial charge in [0.2, 0.25) is 5.91 Å². The van der Waals surface area contributed by atoms with E-state index in [4.69, 9.17) is 11.6 Å². The molecule has 0 unspecified atom stereocenters. The molecule has 0 saturated heterocycles. The Bertz CT molecular complexity index is 631. The third-order valence-electron chi connectivity index (χ3n) is 2.36. The number of benzene rings is 2. The van der Waals surface area contributed by atoms with Gasteiger partial charge in [-0.25, -0.2) is 4.39 Å². The summed E-state index contributed by atoms with van der Waals surface area (Å²) < 4.78 is 13.5. The maximum absolute atomic E-state index is 13.5. The number of thioether (sulfide) groups is 1. The van der Waals surface area contributed by atoms with Gasteiger partial charge in [-0.3, -0.25) is 4.79 Å². The second-order valence-corrected chi connectivity index (χ2v) is 5.26. The van der Waals surface area contributed by atoms with Crippen molar-refractivity contribution in [2.24, 2.45) is 0 Å². The van der Waals surface area contributed by atoms with Crippen molar-refractivity contribution in [3.63, 3.8) is 0 Å². The number of rotatable bonds is 4. The van der Waals surface area contributed by atoms with Crippen molar-refractivity contribution in [3.05, 3.63) is 70.9 Å². The normalized spacial score (nSPS) is 10.7. The van der Waals surface area contributed by atoms with Crippen LogP contribution in [0.3, 0.4) is 0 Å². The van der Waals surface area contributed by atoms with Crippen LogP contribution in [0.2, 0.25) is 5.02 Å². The van der Waals surface area contributed by atoms with E-state index in [0.29, 0.717) is 0 Å². The SMILES string of the molecule is O=C(/C=C/Sc1ccccc1)Nc1ccc(Cl)cc1F. The number of halogens is 2. The molecule has 0 aliphatic rings. The zero-order valence-electron chi connectivity index (χ0n) is 10.3. The lowest BCUT2D eigenvalue weighted by Gasteiger charge is -2.03. The number of carbonyl (C=O) groups excluding carboxylic acids is 1. The fourth-order valence-corrected chi connectivity index (χ4v) is 2.26. The molecule has 0 aliphatic heterocycles. The molecule has 1 N–H and O–H groups in total. The molecule has 2 nitrogen and oxygen atoms in total. The first kappa shape index (κ1) is 14.6. The van der Waals surface area contributed by atoms with Crippen LogP contribution < -0.4 is 5.32 Å². The number of hydrogen-bond donors (Lipinski definition) is 1. The van der Waals surface area contributed by atoms with Gasteiger partial charge in [0, 0.05) is 16.0 Å². The summed E-state index contributed by atoms with van der Waals surface area (Å²) in [7, 11) is 0. The van der Waals surface area contributed by atoms with Crippen molar-refractivity contribution in [1.82, 2.24) is 0 Å². The van der Waals surface area contributed by atoms with Crippen LogP contribution in [0, 0.1) is 5.82 Å². The van der Waals surface area contributed by atoms with E-state index in [1.807, 2.05) is 30.3 Å². The van der Waals surface area contributed by atoms with Gasteiger partial charge in [-0.1, -0.05) is 41.6 Å². The summed E-state index contributed by atoms with van der Waals surface area (Å²) in [6, 6.07) is 13.7. The molecule has 0 atom stereocenters. The summed E-state index contributed by atoms with van der Waals surface area (Å²) >= 11 is 7.04. The zero-order chi connectivity index (χ0) is 14.4. The molecule has 5 heteroatoms. The van der Waals surface area contributed by atoms with Crippen molar-refractivity contribution in [2.75, 3.05) is 5.32 Å². The standard InChI is InChI=1S/C15H11ClFNOS/c16-11-6-7-14(13(17)10-11)18-15(19)8-9-20-12-4-2-1-3-5-12/h1-10H,(H,18,19)/b9-8+. The van der Waals surface area contributed by atoms with E-state index in [1.165, 1.54) is 30.0 Å². The number of amides is 1. The van der Waals surface area contributed by atoms with Gasteiger partial charge < -0.3 is 5.32 Å². The molecule has 0 aromatic heterocycles. The zero-order valence-corrected chi connectivity index (χ0v) is 11.9. The average molecular weight is 308 g/mol. The fraction of sp³-hybridized carbons (Fsp3) is 0. The van der Waals surface area contributed by atoms with Crippen molar-refractivity contribution in [3.8, 4) is 0 Å². The molecular weight excluding hydrogens is 297 g/mol. The van der Waals surface area contributed by atoms with Gasteiger partial charge in [0.1, 0.15) is 5.82 Å². The van der Waals surface area contributed by atoms with Crippen LogP contribution >= 0.6 is 23.4 Å². The highest BCUT2D eigenvalue weighted by Gasteiger charge is 2.04. The Labute approximate surface area is 125 Å². The largest absolute Gasteiger partial charge is 0.320 e. The van der Waals surface area contributed by atoms with Gasteiger partial charge in [-0.05, 0) is 35.7 Å². The minimum atomic E-state index is -0.560. The number of carbonyl (C=O) groups is 1. The lowest BCUT2D eigenvalue weighted by Crippen LogP contribution is -2.08. The molecule has 102 valence electrons. The Morgan fingerprint density at radius 3 is 2.65 bits per heavy atom. The van der Waals surface area contributed by atoms with Crippen LogP contribution in [0.4, 0.5) is 10.1 Å². The second kappa shape index (κ2) is 7.12.